The van der Waals surface area contributed by atoms with Gasteiger partial charge in [0.2, 0.25) is 6.54 Å². The summed E-state index contributed by atoms with van der Waals surface area (Å²) < 4.78 is 0. The van der Waals surface area contributed by atoms with E-state index in [0.29, 0.717) is 6.54 Å². The number of H-pyrrole nitrogens is 1. The van der Waals surface area contributed by atoms with E-state index in [2.05, 4.69) is 41.9 Å². The van der Waals surface area contributed by atoms with Crippen molar-refractivity contribution in [3.8, 4) is 0 Å². The number of nitrogens with zero attached hydrogens (tertiary/aromatic N) is 1. The Morgan fingerprint density at radius 2 is 2.13 bits per heavy atom. The molecular formula is C13H14N2. The summed E-state index contributed by atoms with van der Waals surface area (Å²) in [6.07, 6.45) is 0.850. The third-order valence-corrected chi connectivity index (χ3v) is 2.88. The molecule has 0 atom stereocenters. The molecule has 0 unspecified atom stereocenters. The lowest BCUT2D eigenvalue weighted by Gasteiger charge is -1.97. The number of aromatic nitrogens is 1. The molecule has 0 saturated carbocycles. The van der Waals surface area contributed by atoms with E-state index in [9.17, 15) is 0 Å². The number of nitrogens with one attached hydrogen (secondary N) is 1. The highest BCUT2D eigenvalue weighted by Crippen LogP contribution is 2.22. The van der Waals surface area contributed by atoms with Crippen LogP contribution in [0.4, 0.5) is 0 Å². The molecule has 2 aromatic rings. The van der Waals surface area contributed by atoms with Crippen LogP contribution >= 0.6 is 0 Å². The van der Waals surface area contributed by atoms with E-state index in [-0.39, 0.29) is 0 Å². The van der Waals surface area contributed by atoms with Crippen LogP contribution < -0.4 is 0 Å². The van der Waals surface area contributed by atoms with Crippen LogP contribution in [0.2, 0.25) is 0 Å². The van der Waals surface area contributed by atoms with Crippen LogP contribution in [0.5, 0.6) is 0 Å². The maximum atomic E-state index is 6.78. The second kappa shape index (κ2) is 3.78. The number of benzene rings is 1. The molecule has 1 heterocycles. The number of fused-ring (bicyclic) bond motifs is 1. The zero-order valence-corrected chi connectivity index (χ0v) is 9.09. The normalized spacial score (nSPS) is 10.5. The Morgan fingerprint density at radius 1 is 1.33 bits per heavy atom. The van der Waals surface area contributed by atoms with Crippen molar-refractivity contribution in [3.63, 3.8) is 0 Å². The molecule has 15 heavy (non-hydrogen) atoms. The van der Waals surface area contributed by atoms with Gasteiger partial charge in [0.1, 0.15) is 0 Å². The topological polar surface area (TPSA) is 20.1 Å². The van der Waals surface area contributed by atoms with Crippen molar-refractivity contribution in [3.05, 3.63) is 46.4 Å². The van der Waals surface area contributed by atoms with Gasteiger partial charge in [-0.15, -0.1) is 0 Å². The van der Waals surface area contributed by atoms with Crippen molar-refractivity contribution < 1.29 is 0 Å². The smallest absolute Gasteiger partial charge is 0.218 e. The average Bonchev–Trinajstić information content (AvgIpc) is 2.52. The van der Waals surface area contributed by atoms with Crippen LogP contribution in [-0.2, 0) is 6.42 Å². The average molecular weight is 198 g/mol. The van der Waals surface area contributed by atoms with Crippen LogP contribution in [0.25, 0.3) is 15.7 Å². The molecule has 0 aliphatic carbocycles. The van der Waals surface area contributed by atoms with Gasteiger partial charge in [0.15, 0.2) is 0 Å². The molecule has 0 aliphatic rings. The number of aromatic amines is 1. The van der Waals surface area contributed by atoms with Crippen molar-refractivity contribution in [1.29, 1.82) is 0 Å². The molecule has 76 valence electrons. The second-order valence-electron chi connectivity index (χ2n) is 3.89. The lowest BCUT2D eigenvalue weighted by atomic mass is 10.1. The van der Waals surface area contributed by atoms with Crippen molar-refractivity contribution in [2.75, 3.05) is 6.54 Å². The van der Waals surface area contributed by atoms with Gasteiger partial charge in [-0.25, -0.2) is 6.57 Å². The molecule has 1 aromatic heterocycles. The van der Waals surface area contributed by atoms with Crippen LogP contribution in [0.1, 0.15) is 16.8 Å². The summed E-state index contributed by atoms with van der Waals surface area (Å²) in [5.41, 5.74) is 4.99. The van der Waals surface area contributed by atoms with Gasteiger partial charge in [0.05, 0.1) is 0 Å². The summed E-state index contributed by atoms with van der Waals surface area (Å²) in [6.45, 7) is 11.6. The largest absolute Gasteiger partial charge is 0.358 e. The SMILES string of the molecule is [C-]#[N+]CCc1ccc2[nH]c(C)c(C)c2c1. The minimum Gasteiger partial charge on any atom is -0.358 e. The molecular weight excluding hydrogens is 184 g/mol. The highest BCUT2D eigenvalue weighted by Gasteiger charge is 2.04. The fraction of sp³-hybridized carbons (Fsp3) is 0.308. The monoisotopic (exact) mass is 198 g/mol. The number of rotatable bonds is 2. The van der Waals surface area contributed by atoms with Crippen molar-refractivity contribution in [1.82, 2.24) is 4.98 Å². The van der Waals surface area contributed by atoms with Crippen LogP contribution in [0, 0.1) is 20.4 Å². The Bertz CT molecular complexity index is 529. The molecule has 0 amide bonds. The molecule has 0 bridgehead atoms. The molecule has 1 aromatic carbocycles. The molecule has 0 aliphatic heterocycles. The van der Waals surface area contributed by atoms with E-state index >= 15 is 0 Å². The molecule has 0 radical (unpaired) electrons. The Morgan fingerprint density at radius 3 is 2.87 bits per heavy atom. The van der Waals surface area contributed by atoms with Gasteiger partial charge in [-0.2, -0.15) is 0 Å². The van der Waals surface area contributed by atoms with E-state index in [4.69, 9.17) is 6.57 Å². The first-order chi connectivity index (χ1) is 7.22. The summed E-state index contributed by atoms with van der Waals surface area (Å²) in [4.78, 5) is 6.73. The van der Waals surface area contributed by atoms with E-state index in [1.165, 1.54) is 27.7 Å². The third kappa shape index (κ3) is 1.73. The second-order valence-corrected chi connectivity index (χ2v) is 3.89. The molecule has 2 nitrogen and oxygen atoms in total. The maximum Gasteiger partial charge on any atom is 0.218 e. The Hall–Kier alpha value is -1.75. The molecule has 0 fully saturated rings. The lowest BCUT2D eigenvalue weighted by molar-refractivity contribution is 1.08. The Kier molecular flexibility index (Phi) is 2.47. The molecule has 2 rings (SSSR count). The highest BCUT2D eigenvalue weighted by molar-refractivity contribution is 5.84. The fourth-order valence-electron chi connectivity index (χ4n) is 1.85. The van der Waals surface area contributed by atoms with Crippen molar-refractivity contribution >= 4 is 10.9 Å². The highest BCUT2D eigenvalue weighted by atomic mass is 14.7. The van der Waals surface area contributed by atoms with Gasteiger partial charge in [-0.1, -0.05) is 6.07 Å². The summed E-state index contributed by atoms with van der Waals surface area (Å²) in [6, 6.07) is 6.40. The first-order valence-electron chi connectivity index (χ1n) is 5.13. The van der Waals surface area contributed by atoms with Gasteiger partial charge in [-0.05, 0) is 37.1 Å². The van der Waals surface area contributed by atoms with Gasteiger partial charge in [-0.3, -0.25) is 0 Å². The number of aryl methyl sites for hydroxylation is 2. The zero-order chi connectivity index (χ0) is 10.8. The molecule has 0 spiro atoms. The van der Waals surface area contributed by atoms with Crippen LogP contribution in [0.15, 0.2) is 18.2 Å². The summed E-state index contributed by atoms with van der Waals surface area (Å²) in [7, 11) is 0. The van der Waals surface area contributed by atoms with E-state index < -0.39 is 0 Å². The van der Waals surface area contributed by atoms with Crippen molar-refractivity contribution in [2.45, 2.75) is 20.3 Å². The standard InChI is InChI=1S/C13H14N2/c1-9-10(2)15-13-5-4-11(6-7-14-3)8-12(9)13/h4-5,8,15H,6-7H2,1-2H3. The zero-order valence-electron chi connectivity index (χ0n) is 9.09. The fourth-order valence-corrected chi connectivity index (χ4v) is 1.85. The minimum absolute atomic E-state index is 0.577. The lowest BCUT2D eigenvalue weighted by Crippen LogP contribution is -1.86. The summed E-state index contributed by atoms with van der Waals surface area (Å²) >= 11 is 0. The van der Waals surface area contributed by atoms with Gasteiger partial charge in [0, 0.05) is 23.0 Å². The quantitative estimate of drug-likeness (QED) is 0.715. The number of hydrogen-bond donors (Lipinski definition) is 1. The summed E-state index contributed by atoms with van der Waals surface area (Å²) in [5.74, 6) is 0. The van der Waals surface area contributed by atoms with Crippen molar-refractivity contribution in [2.24, 2.45) is 0 Å². The predicted octanol–water partition coefficient (Wildman–Crippen LogP) is 3.25. The third-order valence-electron chi connectivity index (χ3n) is 2.88. The first-order valence-corrected chi connectivity index (χ1v) is 5.13. The predicted molar refractivity (Wildman–Crippen MR) is 62.9 cm³/mol. The number of hydrogen-bond acceptors (Lipinski definition) is 0. The van der Waals surface area contributed by atoms with Gasteiger partial charge < -0.3 is 9.83 Å². The molecule has 1 N–H and O–H groups in total. The van der Waals surface area contributed by atoms with Crippen LogP contribution in [-0.4, -0.2) is 11.5 Å². The van der Waals surface area contributed by atoms with Gasteiger partial charge >= 0.3 is 0 Å². The van der Waals surface area contributed by atoms with E-state index in [1.54, 1.807) is 0 Å². The van der Waals surface area contributed by atoms with E-state index in [1.807, 2.05) is 0 Å². The van der Waals surface area contributed by atoms with Gasteiger partial charge in [0.25, 0.3) is 0 Å². The minimum atomic E-state index is 0.577. The Balaban J connectivity index is 2.46. The van der Waals surface area contributed by atoms with Crippen LogP contribution in [0.3, 0.4) is 0 Å². The summed E-state index contributed by atoms with van der Waals surface area (Å²) in [5, 5.41) is 1.29. The maximum absolute atomic E-state index is 6.78. The van der Waals surface area contributed by atoms with E-state index in [0.717, 1.165) is 6.42 Å². The molecule has 0 saturated heterocycles. The Labute approximate surface area is 89.7 Å². The molecule has 2 heteroatoms. The first kappa shape index (κ1) is 9.79.